The van der Waals surface area contributed by atoms with Crippen molar-refractivity contribution in [3.63, 3.8) is 0 Å². The van der Waals surface area contributed by atoms with Gasteiger partial charge in [-0.1, -0.05) is 24.3 Å². The Morgan fingerprint density at radius 1 is 0.806 bits per heavy atom. The first-order valence-corrected chi connectivity index (χ1v) is 10.4. The van der Waals surface area contributed by atoms with Crippen LogP contribution in [0.4, 0.5) is 0 Å². The molecule has 0 saturated carbocycles. The molecule has 1 N–H and O–H groups in total. The molecule has 0 bridgehead atoms. The third-order valence-corrected chi connectivity index (χ3v) is 5.61. The van der Waals surface area contributed by atoms with Crippen molar-refractivity contribution in [1.29, 1.82) is 0 Å². The Bertz CT molecular complexity index is 1000. The predicted octanol–water partition coefficient (Wildman–Crippen LogP) is 2.81. The molecule has 0 saturated heterocycles. The predicted molar refractivity (Wildman–Crippen MR) is 115 cm³/mol. The Balaban J connectivity index is 0.000000179. The van der Waals surface area contributed by atoms with Crippen LogP contribution in [-0.2, 0) is 40.3 Å². The maximum Gasteiger partial charge on any atom is 0.308 e. The summed E-state index contributed by atoms with van der Waals surface area (Å²) in [6.45, 7) is 7.15. The highest BCUT2D eigenvalue weighted by molar-refractivity contribution is 5.74. The van der Waals surface area contributed by atoms with Gasteiger partial charge in [0.2, 0.25) is 11.8 Å². The molecule has 31 heavy (non-hydrogen) atoms. The molecule has 2 aromatic carbocycles. The molecule has 0 aromatic heterocycles. The van der Waals surface area contributed by atoms with Crippen molar-refractivity contribution in [2.24, 2.45) is 0 Å². The van der Waals surface area contributed by atoms with Gasteiger partial charge in [0, 0.05) is 58.1 Å². The number of phenols is 1. The van der Waals surface area contributed by atoms with Gasteiger partial charge in [-0.05, 0) is 36.1 Å². The highest BCUT2D eigenvalue weighted by Gasteiger charge is 2.21. The summed E-state index contributed by atoms with van der Waals surface area (Å²) in [4.78, 5) is 37.0. The second-order valence-corrected chi connectivity index (χ2v) is 7.78. The molecule has 2 aromatic rings. The van der Waals surface area contributed by atoms with Crippen LogP contribution in [0.1, 0.15) is 43.0 Å². The molecule has 7 nitrogen and oxygen atoms in total. The quantitative estimate of drug-likeness (QED) is 0.562. The first-order valence-electron chi connectivity index (χ1n) is 10.4. The van der Waals surface area contributed by atoms with Gasteiger partial charge in [-0.25, -0.2) is 0 Å². The van der Waals surface area contributed by atoms with Gasteiger partial charge in [0.25, 0.3) is 0 Å². The summed E-state index contributed by atoms with van der Waals surface area (Å²) in [7, 11) is 0. The Labute approximate surface area is 182 Å². The zero-order valence-electron chi connectivity index (χ0n) is 18.2. The molecule has 0 aliphatic carbocycles. The molecule has 164 valence electrons. The molecule has 0 spiro atoms. The van der Waals surface area contributed by atoms with E-state index in [1.54, 1.807) is 35.8 Å². The van der Waals surface area contributed by atoms with Crippen LogP contribution in [0.15, 0.2) is 36.4 Å². The largest absolute Gasteiger partial charge is 0.508 e. The van der Waals surface area contributed by atoms with Gasteiger partial charge in [-0.3, -0.25) is 14.4 Å². The van der Waals surface area contributed by atoms with E-state index in [9.17, 15) is 19.5 Å². The first-order chi connectivity index (χ1) is 14.8. The van der Waals surface area contributed by atoms with E-state index in [0.717, 1.165) is 35.1 Å². The molecule has 2 heterocycles. The summed E-state index contributed by atoms with van der Waals surface area (Å²) < 4.78 is 5.17. The van der Waals surface area contributed by atoms with Crippen LogP contribution in [0.2, 0.25) is 0 Å². The fourth-order valence-corrected chi connectivity index (χ4v) is 3.95. The summed E-state index contributed by atoms with van der Waals surface area (Å²) in [6.07, 6.45) is 1.49. The van der Waals surface area contributed by atoms with Crippen molar-refractivity contribution in [3.05, 3.63) is 58.7 Å². The third-order valence-electron chi connectivity index (χ3n) is 5.61. The fourth-order valence-electron chi connectivity index (χ4n) is 3.95. The zero-order valence-corrected chi connectivity index (χ0v) is 18.2. The Morgan fingerprint density at radius 2 is 1.32 bits per heavy atom. The highest BCUT2D eigenvalue weighted by atomic mass is 16.5. The lowest BCUT2D eigenvalue weighted by molar-refractivity contribution is -0.132. The van der Waals surface area contributed by atoms with Crippen LogP contribution in [0.5, 0.6) is 11.5 Å². The summed E-state index contributed by atoms with van der Waals surface area (Å²) in [5, 5.41) is 9.58. The Hall–Kier alpha value is -3.35. The second kappa shape index (κ2) is 9.64. The lowest BCUT2D eigenvalue weighted by Crippen LogP contribution is -2.34. The van der Waals surface area contributed by atoms with Gasteiger partial charge >= 0.3 is 5.97 Å². The van der Waals surface area contributed by atoms with Gasteiger partial charge in [0.05, 0.1) is 0 Å². The number of esters is 1. The van der Waals surface area contributed by atoms with Gasteiger partial charge < -0.3 is 19.6 Å². The lowest BCUT2D eigenvalue weighted by atomic mass is 9.98. The smallest absolute Gasteiger partial charge is 0.308 e. The summed E-state index contributed by atoms with van der Waals surface area (Å²) in [5.41, 5.74) is 4.15. The molecular weight excluding hydrogens is 396 g/mol. The van der Waals surface area contributed by atoms with Crippen LogP contribution in [0.25, 0.3) is 0 Å². The average Bonchev–Trinajstić information content (AvgIpc) is 2.73. The standard InChI is InChI=1S/C13H15NO3.C11H13NO2/c1-9(15)14-7-6-12-11(8-14)4-3-5-13(12)17-10(2)16;1-8(13)12-6-5-10-9(7-12)3-2-4-11(10)14/h3-5H,6-8H2,1-2H3;2-4,14H,5-7H2,1H3. The van der Waals surface area contributed by atoms with Crippen molar-refractivity contribution in [1.82, 2.24) is 9.80 Å². The molecular formula is C24H28N2O5. The van der Waals surface area contributed by atoms with E-state index in [2.05, 4.69) is 0 Å². The van der Waals surface area contributed by atoms with Crippen molar-refractivity contribution in [3.8, 4) is 11.5 Å². The van der Waals surface area contributed by atoms with E-state index in [1.165, 1.54) is 6.92 Å². The van der Waals surface area contributed by atoms with Crippen LogP contribution < -0.4 is 4.74 Å². The molecule has 2 aliphatic rings. The topological polar surface area (TPSA) is 87.2 Å². The van der Waals surface area contributed by atoms with E-state index in [0.29, 0.717) is 37.7 Å². The van der Waals surface area contributed by atoms with Gasteiger partial charge in [-0.15, -0.1) is 0 Å². The highest BCUT2D eigenvalue weighted by Crippen LogP contribution is 2.28. The fraction of sp³-hybridized carbons (Fsp3) is 0.375. The van der Waals surface area contributed by atoms with E-state index >= 15 is 0 Å². The van der Waals surface area contributed by atoms with Crippen LogP contribution in [-0.4, -0.2) is 45.8 Å². The molecule has 0 unspecified atom stereocenters. The monoisotopic (exact) mass is 424 g/mol. The van der Waals surface area contributed by atoms with E-state index in [-0.39, 0.29) is 17.8 Å². The van der Waals surface area contributed by atoms with Crippen molar-refractivity contribution >= 4 is 17.8 Å². The molecule has 2 amide bonds. The average molecular weight is 424 g/mol. The lowest BCUT2D eigenvalue weighted by Gasteiger charge is -2.28. The number of carbonyl (C=O) groups is 3. The normalized spacial score (nSPS) is 14.5. The maximum absolute atomic E-state index is 11.3. The van der Waals surface area contributed by atoms with Gasteiger partial charge in [0.1, 0.15) is 11.5 Å². The van der Waals surface area contributed by atoms with Crippen molar-refractivity contribution in [2.75, 3.05) is 13.1 Å². The molecule has 7 heteroatoms. The number of aromatic hydroxyl groups is 1. The van der Waals surface area contributed by atoms with Gasteiger partial charge in [-0.2, -0.15) is 0 Å². The molecule has 4 rings (SSSR count). The number of hydrogen-bond acceptors (Lipinski definition) is 5. The number of carbonyl (C=O) groups excluding carboxylic acids is 3. The van der Waals surface area contributed by atoms with Crippen LogP contribution in [0.3, 0.4) is 0 Å². The zero-order chi connectivity index (χ0) is 22.5. The number of phenolic OH excluding ortho intramolecular Hbond substituents is 1. The summed E-state index contributed by atoms with van der Waals surface area (Å²) in [6, 6.07) is 11.1. The van der Waals surface area contributed by atoms with E-state index in [4.69, 9.17) is 4.74 Å². The third kappa shape index (κ3) is 5.42. The van der Waals surface area contributed by atoms with E-state index in [1.807, 2.05) is 24.3 Å². The minimum Gasteiger partial charge on any atom is -0.508 e. The van der Waals surface area contributed by atoms with Crippen LogP contribution in [0, 0.1) is 0 Å². The minimum absolute atomic E-state index is 0.0774. The van der Waals surface area contributed by atoms with E-state index < -0.39 is 0 Å². The molecule has 0 fully saturated rings. The number of amides is 2. The van der Waals surface area contributed by atoms with Crippen molar-refractivity contribution in [2.45, 2.75) is 46.7 Å². The van der Waals surface area contributed by atoms with Crippen molar-refractivity contribution < 1.29 is 24.2 Å². The molecule has 0 radical (unpaired) electrons. The van der Waals surface area contributed by atoms with Gasteiger partial charge in [0.15, 0.2) is 0 Å². The number of nitrogens with zero attached hydrogens (tertiary/aromatic N) is 2. The second-order valence-electron chi connectivity index (χ2n) is 7.78. The Kier molecular flexibility index (Phi) is 6.95. The van der Waals surface area contributed by atoms with Crippen LogP contribution >= 0.6 is 0 Å². The number of fused-ring (bicyclic) bond motifs is 2. The number of ether oxygens (including phenoxy) is 1. The summed E-state index contributed by atoms with van der Waals surface area (Å²) in [5.74, 6) is 0.837. The number of rotatable bonds is 1. The molecule has 2 aliphatic heterocycles. The molecule has 0 atom stereocenters. The minimum atomic E-state index is -0.313. The number of benzene rings is 2. The number of hydrogen-bond donors (Lipinski definition) is 1. The SMILES string of the molecule is CC(=O)N1CCc2c(O)cccc2C1.CC(=O)Oc1cccc2c1CCN(C(C)=O)C2. The first kappa shape index (κ1) is 22.3. The maximum atomic E-state index is 11.3. The Morgan fingerprint density at radius 3 is 1.87 bits per heavy atom. The summed E-state index contributed by atoms with van der Waals surface area (Å²) >= 11 is 0.